The van der Waals surface area contributed by atoms with E-state index in [1.54, 1.807) is 0 Å². The van der Waals surface area contributed by atoms with E-state index in [1.165, 1.54) is 37.7 Å². The first-order valence-electron chi connectivity index (χ1n) is 3.70. The Bertz CT molecular complexity index is 66.6. The Hall–Kier alpha value is 0.440. The fourth-order valence-electron chi connectivity index (χ4n) is 1.32. The molecule has 2 heteroatoms. The number of rotatable bonds is 2. The van der Waals surface area contributed by atoms with Crippen LogP contribution >= 0.6 is 15.9 Å². The normalized spacial score (nSPS) is 28.3. The smallest absolute Gasteiger partial charge is 0.00344 e. The summed E-state index contributed by atoms with van der Waals surface area (Å²) in [6, 6.07) is 0. The monoisotopic (exact) mass is 191 g/mol. The number of nitrogens with one attached hydrogen (secondary N) is 1. The van der Waals surface area contributed by atoms with Crippen molar-refractivity contribution in [3.63, 3.8) is 0 Å². The summed E-state index contributed by atoms with van der Waals surface area (Å²) in [7, 11) is 0. The molecular formula is C7H14BrN. The number of hydrogen-bond donors (Lipinski definition) is 1. The van der Waals surface area contributed by atoms with Crippen molar-refractivity contribution in [2.24, 2.45) is 5.92 Å². The van der Waals surface area contributed by atoms with Gasteiger partial charge >= 0.3 is 0 Å². The summed E-state index contributed by atoms with van der Waals surface area (Å²) in [6.07, 6.45) is 4.14. The molecule has 0 spiro atoms. The lowest BCUT2D eigenvalue weighted by Gasteiger charge is -2.21. The summed E-state index contributed by atoms with van der Waals surface area (Å²) in [6.45, 7) is 2.48. The third kappa shape index (κ3) is 2.67. The average Bonchev–Trinajstić information content (AvgIpc) is 1.91. The molecule has 9 heavy (non-hydrogen) atoms. The summed E-state index contributed by atoms with van der Waals surface area (Å²) in [4.78, 5) is 0. The van der Waals surface area contributed by atoms with Gasteiger partial charge in [0.1, 0.15) is 0 Å². The van der Waals surface area contributed by atoms with Gasteiger partial charge in [-0.1, -0.05) is 15.9 Å². The maximum absolute atomic E-state index is 3.46. The Kier molecular flexibility index (Phi) is 3.59. The van der Waals surface area contributed by atoms with Crippen molar-refractivity contribution >= 4 is 15.9 Å². The van der Waals surface area contributed by atoms with Crippen molar-refractivity contribution < 1.29 is 0 Å². The van der Waals surface area contributed by atoms with Crippen molar-refractivity contribution in [3.8, 4) is 0 Å². The van der Waals surface area contributed by atoms with E-state index in [4.69, 9.17) is 0 Å². The van der Waals surface area contributed by atoms with Crippen LogP contribution in [0.1, 0.15) is 19.3 Å². The Morgan fingerprint density at radius 1 is 1.56 bits per heavy atom. The molecule has 0 saturated carbocycles. The van der Waals surface area contributed by atoms with Gasteiger partial charge in [0.2, 0.25) is 0 Å². The summed E-state index contributed by atoms with van der Waals surface area (Å²) in [5.41, 5.74) is 0. The summed E-state index contributed by atoms with van der Waals surface area (Å²) in [5, 5.41) is 4.56. The van der Waals surface area contributed by atoms with E-state index >= 15 is 0 Å². The van der Waals surface area contributed by atoms with Crippen molar-refractivity contribution in [1.29, 1.82) is 0 Å². The molecule has 0 bridgehead atoms. The Balaban J connectivity index is 2.08. The highest BCUT2D eigenvalue weighted by Gasteiger charge is 2.10. The van der Waals surface area contributed by atoms with Crippen molar-refractivity contribution in [2.75, 3.05) is 18.4 Å². The van der Waals surface area contributed by atoms with Crippen LogP contribution in [0.2, 0.25) is 0 Å². The Morgan fingerprint density at radius 2 is 2.44 bits per heavy atom. The molecule has 1 aliphatic rings. The van der Waals surface area contributed by atoms with Crippen LogP contribution in [0, 0.1) is 5.92 Å². The first-order valence-corrected chi connectivity index (χ1v) is 4.82. The zero-order chi connectivity index (χ0) is 6.53. The zero-order valence-corrected chi connectivity index (χ0v) is 7.28. The van der Waals surface area contributed by atoms with Crippen LogP contribution in [0.3, 0.4) is 0 Å². The standard InChI is InChI=1S/C7H14BrN/c8-4-3-7-2-1-5-9-6-7/h7,9H,1-6H2. The molecule has 1 saturated heterocycles. The van der Waals surface area contributed by atoms with E-state index in [0.717, 1.165) is 5.92 Å². The molecule has 54 valence electrons. The molecule has 1 aliphatic heterocycles. The quantitative estimate of drug-likeness (QED) is 0.657. The van der Waals surface area contributed by atoms with Gasteiger partial charge in [-0.25, -0.2) is 0 Å². The lowest BCUT2D eigenvalue weighted by Crippen LogP contribution is -2.29. The lowest BCUT2D eigenvalue weighted by atomic mass is 9.97. The van der Waals surface area contributed by atoms with Gasteiger partial charge in [-0.05, 0) is 38.3 Å². The largest absolute Gasteiger partial charge is 0.316 e. The third-order valence-corrected chi connectivity index (χ3v) is 2.37. The van der Waals surface area contributed by atoms with E-state index in [-0.39, 0.29) is 0 Å². The van der Waals surface area contributed by atoms with Crippen LogP contribution < -0.4 is 5.32 Å². The van der Waals surface area contributed by atoms with Gasteiger partial charge in [0, 0.05) is 5.33 Å². The summed E-state index contributed by atoms with van der Waals surface area (Å²) < 4.78 is 0. The molecule has 1 rings (SSSR count). The molecule has 1 heterocycles. The van der Waals surface area contributed by atoms with E-state index in [2.05, 4.69) is 21.2 Å². The molecule has 1 fully saturated rings. The first-order chi connectivity index (χ1) is 4.43. The maximum atomic E-state index is 3.46. The van der Waals surface area contributed by atoms with Gasteiger partial charge in [0.15, 0.2) is 0 Å². The molecule has 1 nitrogen and oxygen atoms in total. The molecule has 1 N–H and O–H groups in total. The lowest BCUT2D eigenvalue weighted by molar-refractivity contribution is 0.371. The van der Waals surface area contributed by atoms with Crippen LogP contribution in [-0.2, 0) is 0 Å². The van der Waals surface area contributed by atoms with Crippen molar-refractivity contribution in [1.82, 2.24) is 5.32 Å². The zero-order valence-electron chi connectivity index (χ0n) is 5.70. The number of halogens is 1. The van der Waals surface area contributed by atoms with E-state index in [9.17, 15) is 0 Å². The molecule has 0 aromatic heterocycles. The van der Waals surface area contributed by atoms with Gasteiger partial charge in [-0.2, -0.15) is 0 Å². The highest BCUT2D eigenvalue weighted by molar-refractivity contribution is 9.09. The third-order valence-electron chi connectivity index (χ3n) is 1.92. The van der Waals surface area contributed by atoms with Gasteiger partial charge in [-0.15, -0.1) is 0 Å². The molecule has 1 unspecified atom stereocenters. The molecule has 0 amide bonds. The number of piperidine rings is 1. The fraction of sp³-hybridized carbons (Fsp3) is 1.00. The second kappa shape index (κ2) is 4.29. The first kappa shape index (κ1) is 7.55. The number of hydrogen-bond acceptors (Lipinski definition) is 1. The van der Waals surface area contributed by atoms with Crippen LogP contribution in [0.5, 0.6) is 0 Å². The van der Waals surface area contributed by atoms with Crippen molar-refractivity contribution in [2.45, 2.75) is 19.3 Å². The van der Waals surface area contributed by atoms with Crippen LogP contribution in [-0.4, -0.2) is 18.4 Å². The van der Waals surface area contributed by atoms with E-state index in [0.29, 0.717) is 0 Å². The van der Waals surface area contributed by atoms with Gasteiger partial charge in [0.25, 0.3) is 0 Å². The molecule has 1 atom stereocenters. The molecule has 0 aliphatic carbocycles. The minimum absolute atomic E-state index is 0.943. The highest BCUT2D eigenvalue weighted by Crippen LogP contribution is 2.14. The molecule has 0 aromatic carbocycles. The maximum Gasteiger partial charge on any atom is 0.00344 e. The number of alkyl halides is 1. The minimum Gasteiger partial charge on any atom is -0.316 e. The fourth-order valence-corrected chi connectivity index (χ4v) is 1.97. The SMILES string of the molecule is BrCCC1CCCNC1. The second-order valence-electron chi connectivity index (χ2n) is 2.69. The van der Waals surface area contributed by atoms with E-state index in [1.807, 2.05) is 0 Å². The van der Waals surface area contributed by atoms with Crippen molar-refractivity contribution in [3.05, 3.63) is 0 Å². The van der Waals surface area contributed by atoms with Gasteiger partial charge in [-0.3, -0.25) is 0 Å². The molecule has 0 radical (unpaired) electrons. The van der Waals surface area contributed by atoms with Crippen LogP contribution in [0.25, 0.3) is 0 Å². The summed E-state index contributed by atoms with van der Waals surface area (Å²) in [5.74, 6) is 0.943. The van der Waals surface area contributed by atoms with E-state index < -0.39 is 0 Å². The predicted molar refractivity (Wildman–Crippen MR) is 44.0 cm³/mol. The van der Waals surface area contributed by atoms with Crippen LogP contribution in [0.15, 0.2) is 0 Å². The minimum atomic E-state index is 0.943. The Morgan fingerprint density at radius 3 is 3.00 bits per heavy atom. The molecular weight excluding hydrogens is 178 g/mol. The van der Waals surface area contributed by atoms with Gasteiger partial charge < -0.3 is 5.32 Å². The molecule has 0 aromatic rings. The summed E-state index contributed by atoms with van der Waals surface area (Å²) >= 11 is 3.46. The predicted octanol–water partition coefficient (Wildman–Crippen LogP) is 1.77. The Labute approximate surface area is 65.3 Å². The topological polar surface area (TPSA) is 12.0 Å². The highest BCUT2D eigenvalue weighted by atomic mass is 79.9. The second-order valence-corrected chi connectivity index (χ2v) is 3.48. The van der Waals surface area contributed by atoms with Crippen LogP contribution in [0.4, 0.5) is 0 Å². The average molecular weight is 192 g/mol. The van der Waals surface area contributed by atoms with Gasteiger partial charge in [0.05, 0.1) is 0 Å².